The summed E-state index contributed by atoms with van der Waals surface area (Å²) in [6.07, 6.45) is 11.9. The molecular formula is C31H41NO5. The number of aliphatic hydroxyl groups excluding tert-OH is 1. The number of likely N-dealkylation sites (tertiary alicyclic amines) is 1. The van der Waals surface area contributed by atoms with E-state index in [1.54, 1.807) is 43.4 Å². The van der Waals surface area contributed by atoms with E-state index in [2.05, 4.69) is 6.92 Å². The van der Waals surface area contributed by atoms with Gasteiger partial charge in [-0.25, -0.2) is 0 Å². The fraction of sp³-hybridized carbons (Fsp3) is 0.484. The molecular weight excluding hydrogens is 466 g/mol. The lowest BCUT2D eigenvalue weighted by Gasteiger charge is -2.25. The minimum atomic E-state index is -0.671. The van der Waals surface area contributed by atoms with Gasteiger partial charge in [-0.15, -0.1) is 0 Å². The highest BCUT2D eigenvalue weighted by Gasteiger charge is 2.45. The van der Waals surface area contributed by atoms with Gasteiger partial charge in [0.15, 0.2) is 0 Å². The number of nitrogens with zero attached hydrogens (tertiary/aromatic N) is 1. The normalized spacial score (nSPS) is 16.8. The summed E-state index contributed by atoms with van der Waals surface area (Å²) in [5.74, 6) is -0.139. The summed E-state index contributed by atoms with van der Waals surface area (Å²) in [6.45, 7) is 2.69. The first-order chi connectivity index (χ1) is 18.0. The van der Waals surface area contributed by atoms with Crippen LogP contribution in [0.4, 0.5) is 0 Å². The van der Waals surface area contributed by atoms with Crippen molar-refractivity contribution in [2.24, 2.45) is 0 Å². The number of carbonyl (C=O) groups is 2. The molecule has 1 atom stereocenters. The third kappa shape index (κ3) is 7.37. The molecule has 6 nitrogen and oxygen atoms in total. The molecule has 1 aliphatic rings. The van der Waals surface area contributed by atoms with Crippen molar-refractivity contribution >= 4 is 17.4 Å². The average Bonchev–Trinajstić information content (AvgIpc) is 3.18. The zero-order valence-corrected chi connectivity index (χ0v) is 22.5. The van der Waals surface area contributed by atoms with Crippen molar-refractivity contribution in [2.45, 2.75) is 77.2 Å². The lowest BCUT2D eigenvalue weighted by Crippen LogP contribution is -2.30. The van der Waals surface area contributed by atoms with Crippen molar-refractivity contribution in [3.05, 3.63) is 65.2 Å². The Morgan fingerprint density at radius 3 is 2.00 bits per heavy atom. The lowest BCUT2D eigenvalue weighted by atomic mass is 9.95. The van der Waals surface area contributed by atoms with Gasteiger partial charge >= 0.3 is 0 Å². The minimum absolute atomic E-state index is 0.107. The van der Waals surface area contributed by atoms with Crippen LogP contribution in [0.5, 0.6) is 11.5 Å². The second-order valence-electron chi connectivity index (χ2n) is 9.68. The molecule has 0 spiro atoms. The second-order valence-corrected chi connectivity index (χ2v) is 9.68. The molecule has 1 heterocycles. The molecule has 0 aromatic heterocycles. The Hall–Kier alpha value is -3.28. The van der Waals surface area contributed by atoms with Crippen LogP contribution in [0.1, 0.15) is 88.3 Å². The summed E-state index contributed by atoms with van der Waals surface area (Å²) in [7, 11) is 3.15. The molecule has 0 radical (unpaired) electrons. The predicted octanol–water partition coefficient (Wildman–Crippen LogP) is 7.05. The van der Waals surface area contributed by atoms with E-state index in [9.17, 15) is 14.7 Å². The third-order valence-corrected chi connectivity index (χ3v) is 7.07. The van der Waals surface area contributed by atoms with E-state index in [0.717, 1.165) is 24.8 Å². The van der Waals surface area contributed by atoms with E-state index >= 15 is 0 Å². The largest absolute Gasteiger partial charge is 0.507 e. The second kappa shape index (κ2) is 14.5. The Morgan fingerprint density at radius 2 is 1.41 bits per heavy atom. The first-order valence-corrected chi connectivity index (χ1v) is 13.6. The van der Waals surface area contributed by atoms with Crippen molar-refractivity contribution in [3.63, 3.8) is 0 Å². The van der Waals surface area contributed by atoms with Crippen LogP contribution in [-0.4, -0.2) is 42.5 Å². The van der Waals surface area contributed by atoms with E-state index in [1.165, 1.54) is 44.9 Å². The fourth-order valence-corrected chi connectivity index (χ4v) is 4.94. The number of hydrogen-bond donors (Lipinski definition) is 1. The number of methoxy groups -OCH3 is 2. The molecule has 1 amide bonds. The highest BCUT2D eigenvalue weighted by atomic mass is 16.5. The number of benzene rings is 2. The molecule has 1 N–H and O–H groups in total. The number of rotatable bonds is 15. The Balaban J connectivity index is 1.76. The summed E-state index contributed by atoms with van der Waals surface area (Å²) in [5, 5.41) is 11.2. The average molecular weight is 508 g/mol. The maximum Gasteiger partial charge on any atom is 0.295 e. The SMILES string of the molecule is CCCCCCCCCCCCN1C(=O)C(=O)C(=C(O)c2ccc(OC)cc2)[C@H]1c1cccc(OC)c1. The number of hydrogen-bond acceptors (Lipinski definition) is 5. The molecule has 6 heteroatoms. The van der Waals surface area contributed by atoms with Gasteiger partial charge in [0.05, 0.1) is 25.8 Å². The number of aliphatic hydroxyl groups is 1. The summed E-state index contributed by atoms with van der Waals surface area (Å²) in [5.41, 5.74) is 1.31. The first-order valence-electron chi connectivity index (χ1n) is 13.6. The van der Waals surface area contributed by atoms with Gasteiger partial charge in [-0.2, -0.15) is 0 Å². The molecule has 1 saturated heterocycles. The molecule has 37 heavy (non-hydrogen) atoms. The smallest absolute Gasteiger partial charge is 0.295 e. The van der Waals surface area contributed by atoms with E-state index in [1.807, 2.05) is 24.3 Å². The van der Waals surface area contributed by atoms with Crippen LogP contribution in [0, 0.1) is 0 Å². The lowest BCUT2D eigenvalue weighted by molar-refractivity contribution is -0.139. The number of carbonyl (C=O) groups excluding carboxylic acids is 2. The van der Waals surface area contributed by atoms with Gasteiger partial charge in [-0.1, -0.05) is 76.8 Å². The molecule has 2 aromatic carbocycles. The van der Waals surface area contributed by atoms with E-state index in [-0.39, 0.29) is 11.3 Å². The number of ether oxygens (including phenoxy) is 2. The fourth-order valence-electron chi connectivity index (χ4n) is 4.94. The van der Waals surface area contributed by atoms with Crippen molar-refractivity contribution < 1.29 is 24.2 Å². The van der Waals surface area contributed by atoms with Crippen LogP contribution in [0.2, 0.25) is 0 Å². The van der Waals surface area contributed by atoms with Gasteiger partial charge in [0.2, 0.25) is 0 Å². The molecule has 2 aromatic rings. The van der Waals surface area contributed by atoms with Gasteiger partial charge in [0, 0.05) is 12.1 Å². The summed E-state index contributed by atoms with van der Waals surface area (Å²) in [4.78, 5) is 28.0. The van der Waals surface area contributed by atoms with Crippen LogP contribution in [-0.2, 0) is 9.59 Å². The quantitative estimate of drug-likeness (QED) is 0.121. The summed E-state index contributed by atoms with van der Waals surface area (Å²) >= 11 is 0. The summed E-state index contributed by atoms with van der Waals surface area (Å²) in [6, 6.07) is 13.5. The van der Waals surface area contributed by atoms with Gasteiger partial charge in [-0.05, 0) is 48.4 Å². The zero-order chi connectivity index (χ0) is 26.6. The molecule has 0 unspecified atom stereocenters. The number of ketones is 1. The van der Waals surface area contributed by atoms with Crippen molar-refractivity contribution in [1.29, 1.82) is 0 Å². The van der Waals surface area contributed by atoms with E-state index in [0.29, 0.717) is 23.6 Å². The van der Waals surface area contributed by atoms with Crippen molar-refractivity contribution in [2.75, 3.05) is 20.8 Å². The van der Waals surface area contributed by atoms with Gasteiger partial charge in [0.1, 0.15) is 17.3 Å². The van der Waals surface area contributed by atoms with Crippen LogP contribution in [0.15, 0.2) is 54.1 Å². The molecule has 0 bridgehead atoms. The molecule has 1 fully saturated rings. The van der Waals surface area contributed by atoms with Crippen LogP contribution < -0.4 is 9.47 Å². The van der Waals surface area contributed by atoms with E-state index < -0.39 is 17.7 Å². The topological polar surface area (TPSA) is 76.1 Å². The van der Waals surface area contributed by atoms with Crippen molar-refractivity contribution in [1.82, 2.24) is 4.90 Å². The maximum absolute atomic E-state index is 13.2. The molecule has 1 aliphatic heterocycles. The number of unbranched alkanes of at least 4 members (excludes halogenated alkanes) is 9. The highest BCUT2D eigenvalue weighted by molar-refractivity contribution is 6.46. The van der Waals surface area contributed by atoms with Gasteiger partial charge < -0.3 is 19.5 Å². The molecule has 3 rings (SSSR count). The Morgan fingerprint density at radius 1 is 0.811 bits per heavy atom. The number of Topliss-reactive ketones (excluding diaryl/α,β-unsaturated/α-hetero) is 1. The minimum Gasteiger partial charge on any atom is -0.507 e. The van der Waals surface area contributed by atoms with Crippen LogP contribution in [0.25, 0.3) is 5.76 Å². The molecule has 0 aliphatic carbocycles. The Labute approximate surface area is 221 Å². The third-order valence-electron chi connectivity index (χ3n) is 7.07. The van der Waals surface area contributed by atoms with Crippen LogP contribution in [0.3, 0.4) is 0 Å². The first kappa shape index (κ1) is 28.3. The molecule has 0 saturated carbocycles. The Bertz CT molecular complexity index is 1060. The monoisotopic (exact) mass is 507 g/mol. The standard InChI is InChI=1S/C31H41NO5/c1-4-5-6-7-8-9-10-11-12-13-21-32-28(24-15-14-16-26(22-24)37-3)27(30(34)31(32)35)29(33)23-17-19-25(36-2)20-18-23/h14-20,22,28,33H,4-13,21H2,1-3H3/t28-/m1/s1. The van der Waals surface area contributed by atoms with Crippen molar-refractivity contribution in [3.8, 4) is 11.5 Å². The zero-order valence-electron chi connectivity index (χ0n) is 22.5. The van der Waals surface area contributed by atoms with E-state index in [4.69, 9.17) is 9.47 Å². The highest BCUT2D eigenvalue weighted by Crippen LogP contribution is 2.40. The van der Waals surface area contributed by atoms with Crippen LogP contribution >= 0.6 is 0 Å². The predicted molar refractivity (Wildman–Crippen MR) is 147 cm³/mol. The maximum atomic E-state index is 13.2. The van der Waals surface area contributed by atoms with Gasteiger partial charge in [0.25, 0.3) is 11.7 Å². The van der Waals surface area contributed by atoms with Gasteiger partial charge in [-0.3, -0.25) is 9.59 Å². The number of amides is 1. The summed E-state index contributed by atoms with van der Waals surface area (Å²) < 4.78 is 10.6. The molecule has 200 valence electrons. The Kier molecular flexibility index (Phi) is 11.1.